The molecule has 12 heteroatoms. The molecule has 1 aliphatic carbocycles. The molecule has 2 aromatic rings. The molecule has 2 fully saturated rings. The predicted molar refractivity (Wildman–Crippen MR) is 145 cm³/mol. The van der Waals surface area contributed by atoms with E-state index in [-0.39, 0.29) is 35.6 Å². The third kappa shape index (κ3) is 8.09. The number of anilines is 1. The highest BCUT2D eigenvalue weighted by molar-refractivity contribution is 7.80. The van der Waals surface area contributed by atoms with Crippen molar-refractivity contribution in [1.82, 2.24) is 15.5 Å². The number of amides is 1. The Labute approximate surface area is 234 Å². The molecule has 40 heavy (non-hydrogen) atoms. The largest absolute Gasteiger partial charge is 0.416 e. The van der Waals surface area contributed by atoms with Crippen molar-refractivity contribution in [2.75, 3.05) is 18.4 Å². The van der Waals surface area contributed by atoms with Gasteiger partial charge in [-0.05, 0) is 74.8 Å². The van der Waals surface area contributed by atoms with Crippen molar-refractivity contribution < 1.29 is 31.1 Å². The summed E-state index contributed by atoms with van der Waals surface area (Å²) in [6, 6.07) is 9.53. The third-order valence-electron chi connectivity index (χ3n) is 7.42. The zero-order chi connectivity index (χ0) is 28.9. The molecule has 1 heterocycles. The van der Waals surface area contributed by atoms with Gasteiger partial charge in [-0.1, -0.05) is 43.2 Å². The van der Waals surface area contributed by atoms with E-state index in [0.717, 1.165) is 57.2 Å². The number of likely N-dealkylation sites (tertiary alicyclic amines) is 1. The van der Waals surface area contributed by atoms with Crippen LogP contribution in [0.15, 0.2) is 48.5 Å². The molecule has 3 N–H and O–H groups in total. The average Bonchev–Trinajstić information content (AvgIpc) is 3.43. The minimum atomic E-state index is -4.99. The lowest BCUT2D eigenvalue weighted by Gasteiger charge is -2.39. The van der Waals surface area contributed by atoms with Gasteiger partial charge in [0.25, 0.3) is 0 Å². The van der Waals surface area contributed by atoms with Gasteiger partial charge in [0.2, 0.25) is 5.91 Å². The second-order valence-corrected chi connectivity index (χ2v) is 10.8. The molecule has 1 aliphatic heterocycles. The van der Waals surface area contributed by atoms with E-state index in [0.29, 0.717) is 12.1 Å². The minimum Gasteiger partial charge on any atom is -0.350 e. The summed E-state index contributed by atoms with van der Waals surface area (Å²) in [5.74, 6) is -0.330. The Hall–Kier alpha value is -2.86. The summed E-state index contributed by atoms with van der Waals surface area (Å²) in [7, 11) is 0. The Balaban J connectivity index is 1.51. The van der Waals surface area contributed by atoms with E-state index in [1.165, 1.54) is 0 Å². The summed E-state index contributed by atoms with van der Waals surface area (Å²) in [6.07, 6.45) is -3.62. The molecule has 0 radical (unpaired) electrons. The van der Waals surface area contributed by atoms with Crippen LogP contribution < -0.4 is 16.0 Å². The smallest absolute Gasteiger partial charge is 0.350 e. The molecule has 0 spiro atoms. The van der Waals surface area contributed by atoms with E-state index in [1.54, 1.807) is 0 Å². The number of carbonyl (C=O) groups excluding carboxylic acids is 1. The lowest BCUT2D eigenvalue weighted by Crippen LogP contribution is -2.57. The molecule has 0 unspecified atom stereocenters. The summed E-state index contributed by atoms with van der Waals surface area (Å²) in [5, 5.41) is 8.17. The Morgan fingerprint density at radius 3 is 2.10 bits per heavy atom. The number of rotatable bonds is 7. The number of nitrogens with one attached hydrogen (secondary N) is 3. The molecule has 1 amide bonds. The van der Waals surface area contributed by atoms with Crippen LogP contribution >= 0.6 is 12.2 Å². The Morgan fingerprint density at radius 1 is 0.900 bits per heavy atom. The third-order valence-corrected chi connectivity index (χ3v) is 7.64. The minimum absolute atomic E-state index is 0.0499. The van der Waals surface area contributed by atoms with Crippen LogP contribution in [0.1, 0.15) is 55.2 Å². The molecule has 1 saturated heterocycles. The number of hydrogen-bond acceptors (Lipinski definition) is 3. The maximum absolute atomic E-state index is 13.6. The monoisotopic (exact) mass is 586 g/mol. The highest BCUT2D eigenvalue weighted by Crippen LogP contribution is 2.37. The first-order valence-electron chi connectivity index (χ1n) is 13.4. The number of nitrogens with zero attached hydrogens (tertiary/aromatic N) is 1. The van der Waals surface area contributed by atoms with E-state index in [1.807, 2.05) is 30.3 Å². The number of thiocarbonyl (C=S) groups is 1. The fraction of sp³-hybridized carbons (Fsp3) is 0.500. The molecule has 2 aliphatic rings. The van der Waals surface area contributed by atoms with Crippen LogP contribution in [0.5, 0.6) is 0 Å². The molecule has 0 bridgehead atoms. The van der Waals surface area contributed by atoms with Gasteiger partial charge >= 0.3 is 12.4 Å². The second kappa shape index (κ2) is 12.8. The molecule has 4 rings (SSSR count). The lowest BCUT2D eigenvalue weighted by molar-refractivity contribution is -0.143. The number of hydrogen-bond donors (Lipinski definition) is 3. The maximum Gasteiger partial charge on any atom is 0.416 e. The summed E-state index contributed by atoms with van der Waals surface area (Å²) in [4.78, 5) is 16.0. The first kappa shape index (κ1) is 30.1. The molecule has 5 nitrogen and oxygen atoms in total. The van der Waals surface area contributed by atoms with Crippen molar-refractivity contribution in [3.05, 3.63) is 65.2 Å². The quantitative estimate of drug-likeness (QED) is 0.269. The molecule has 0 aromatic heterocycles. The molecular formula is C28H32F6N4OS. The highest BCUT2D eigenvalue weighted by atomic mass is 32.1. The summed E-state index contributed by atoms with van der Waals surface area (Å²) >= 11 is 5.26. The van der Waals surface area contributed by atoms with E-state index in [9.17, 15) is 31.1 Å². The van der Waals surface area contributed by atoms with Gasteiger partial charge in [-0.25, -0.2) is 0 Å². The van der Waals surface area contributed by atoms with Crippen molar-refractivity contribution in [2.24, 2.45) is 0 Å². The summed E-state index contributed by atoms with van der Waals surface area (Å²) in [5.41, 5.74) is -2.59. The van der Waals surface area contributed by atoms with E-state index in [4.69, 9.17) is 12.2 Å². The average molecular weight is 587 g/mol. The normalized spacial score (nSPS) is 21.1. The Morgan fingerprint density at radius 2 is 1.50 bits per heavy atom. The van der Waals surface area contributed by atoms with Crippen LogP contribution in [0, 0.1) is 0 Å². The first-order chi connectivity index (χ1) is 18.9. The lowest BCUT2D eigenvalue weighted by atomic mass is 9.89. The van der Waals surface area contributed by atoms with Crippen molar-refractivity contribution in [1.29, 1.82) is 0 Å². The van der Waals surface area contributed by atoms with Gasteiger partial charge < -0.3 is 16.0 Å². The van der Waals surface area contributed by atoms with Gasteiger partial charge in [0.05, 0.1) is 11.1 Å². The number of alkyl halides is 6. The van der Waals surface area contributed by atoms with Gasteiger partial charge in [0.1, 0.15) is 6.04 Å². The zero-order valence-corrected chi connectivity index (χ0v) is 22.6. The number of benzene rings is 2. The van der Waals surface area contributed by atoms with Crippen LogP contribution in [0.25, 0.3) is 0 Å². The van der Waals surface area contributed by atoms with E-state index < -0.39 is 35.2 Å². The van der Waals surface area contributed by atoms with Crippen LogP contribution in [-0.2, 0) is 23.6 Å². The van der Waals surface area contributed by atoms with Crippen molar-refractivity contribution in [2.45, 2.75) is 75.4 Å². The van der Waals surface area contributed by atoms with Crippen LogP contribution in [-0.4, -0.2) is 47.1 Å². The van der Waals surface area contributed by atoms with Crippen LogP contribution in [0.4, 0.5) is 32.0 Å². The molecule has 218 valence electrons. The topological polar surface area (TPSA) is 56.4 Å². The first-order valence-corrected chi connectivity index (χ1v) is 13.8. The number of carbonyl (C=O) groups is 1. The summed E-state index contributed by atoms with van der Waals surface area (Å²) in [6.45, 7) is 1.99. The second-order valence-electron chi connectivity index (χ2n) is 10.3. The Kier molecular flexibility index (Phi) is 9.60. The zero-order valence-electron chi connectivity index (χ0n) is 21.7. The molecule has 3 atom stereocenters. The standard InChI is InChI=1S/C28H32F6N4OS/c29-27(30,31)19-15-20(28(32,33)34)17-21(16-19)35-26(40)37-23(14-18-8-2-1-3-9-18)25(39)36-22-10-4-5-11-24(22)38-12-6-7-13-38/h1-3,8-9,15-17,22-24H,4-7,10-14H2,(H,36,39)(H2,35,37,40)/t22-,23+,24-/m1/s1. The van der Waals surface area contributed by atoms with Crippen LogP contribution in [0.2, 0.25) is 0 Å². The van der Waals surface area contributed by atoms with Gasteiger partial charge in [0.15, 0.2) is 5.11 Å². The Bertz CT molecular complexity index is 1140. The van der Waals surface area contributed by atoms with Crippen molar-refractivity contribution in [3.63, 3.8) is 0 Å². The number of halogens is 6. The summed E-state index contributed by atoms with van der Waals surface area (Å²) < 4.78 is 79.8. The fourth-order valence-corrected chi connectivity index (χ4v) is 5.74. The molecular weight excluding hydrogens is 554 g/mol. The predicted octanol–water partition coefficient (Wildman–Crippen LogP) is 6.15. The SMILES string of the molecule is O=C(N[C@@H]1CCCC[C@H]1N1CCCC1)[C@H](Cc1ccccc1)NC(=S)Nc1cc(C(F)(F)F)cc(C(F)(F)F)c1. The molecule has 1 saturated carbocycles. The van der Waals surface area contributed by atoms with E-state index in [2.05, 4.69) is 20.9 Å². The van der Waals surface area contributed by atoms with Gasteiger partial charge in [-0.2, -0.15) is 26.3 Å². The highest BCUT2D eigenvalue weighted by Gasteiger charge is 2.37. The maximum atomic E-state index is 13.6. The van der Waals surface area contributed by atoms with Gasteiger partial charge in [-0.15, -0.1) is 0 Å². The molecule has 2 aromatic carbocycles. The van der Waals surface area contributed by atoms with Crippen molar-refractivity contribution in [3.8, 4) is 0 Å². The van der Waals surface area contributed by atoms with Gasteiger partial charge in [-0.3, -0.25) is 9.69 Å². The van der Waals surface area contributed by atoms with Gasteiger partial charge in [0, 0.05) is 24.2 Å². The van der Waals surface area contributed by atoms with E-state index >= 15 is 0 Å². The fourth-order valence-electron chi connectivity index (χ4n) is 5.48. The van der Waals surface area contributed by atoms with Crippen LogP contribution in [0.3, 0.4) is 0 Å². The van der Waals surface area contributed by atoms with Crippen molar-refractivity contribution >= 4 is 28.9 Å².